The molecule has 0 unspecified atom stereocenters. The van der Waals surface area contributed by atoms with Gasteiger partial charge in [0.2, 0.25) is 5.91 Å². The average molecular weight is 391 g/mol. The van der Waals surface area contributed by atoms with Crippen molar-refractivity contribution < 1.29 is 14.3 Å². The number of rotatable bonds is 9. The summed E-state index contributed by atoms with van der Waals surface area (Å²) in [6.45, 7) is 3.14. The number of anilines is 2. The molecule has 0 spiro atoms. The van der Waals surface area contributed by atoms with Gasteiger partial charge in [-0.3, -0.25) is 4.79 Å². The van der Waals surface area contributed by atoms with E-state index in [0.29, 0.717) is 25.3 Å². The fourth-order valence-corrected chi connectivity index (χ4v) is 2.69. The number of hydrogen-bond acceptors (Lipinski definition) is 5. The van der Waals surface area contributed by atoms with Crippen molar-refractivity contribution in [2.75, 3.05) is 30.9 Å². The Morgan fingerprint density at radius 1 is 0.966 bits per heavy atom. The lowest BCUT2D eigenvalue weighted by atomic mass is 10.1. The molecular weight excluding hydrogens is 366 g/mol. The Kier molecular flexibility index (Phi) is 7.05. The second-order valence-electron chi connectivity index (χ2n) is 6.59. The van der Waals surface area contributed by atoms with Gasteiger partial charge in [-0.2, -0.15) is 0 Å². The monoisotopic (exact) mass is 391 g/mol. The van der Waals surface area contributed by atoms with Crippen molar-refractivity contribution in [3.05, 3.63) is 78.0 Å². The van der Waals surface area contributed by atoms with Gasteiger partial charge in [0.05, 0.1) is 32.0 Å². The van der Waals surface area contributed by atoms with E-state index in [1.807, 2.05) is 67.6 Å². The molecular formula is C23H25N3O3. The van der Waals surface area contributed by atoms with Crippen LogP contribution in [0.4, 0.5) is 11.5 Å². The maximum Gasteiger partial charge on any atom is 0.228 e. The average Bonchev–Trinajstić information content (AvgIpc) is 2.74. The van der Waals surface area contributed by atoms with Crippen LogP contribution < -0.4 is 20.1 Å². The molecule has 29 heavy (non-hydrogen) atoms. The molecule has 0 atom stereocenters. The number of ether oxygens (including phenoxy) is 2. The van der Waals surface area contributed by atoms with Gasteiger partial charge in [0.25, 0.3) is 0 Å². The lowest BCUT2D eigenvalue weighted by Crippen LogP contribution is -2.15. The van der Waals surface area contributed by atoms with E-state index in [-0.39, 0.29) is 5.91 Å². The van der Waals surface area contributed by atoms with Crippen LogP contribution in [0, 0.1) is 6.92 Å². The number of carbonyl (C=O) groups is 1. The zero-order valence-corrected chi connectivity index (χ0v) is 16.6. The highest BCUT2D eigenvalue weighted by Gasteiger charge is 2.05. The zero-order valence-electron chi connectivity index (χ0n) is 16.6. The van der Waals surface area contributed by atoms with E-state index in [1.165, 1.54) is 5.56 Å². The Hall–Kier alpha value is -3.54. The molecule has 150 valence electrons. The van der Waals surface area contributed by atoms with Gasteiger partial charge >= 0.3 is 0 Å². The predicted molar refractivity (Wildman–Crippen MR) is 115 cm³/mol. The first-order valence-electron chi connectivity index (χ1n) is 9.44. The highest BCUT2D eigenvalue weighted by atomic mass is 16.5. The normalized spacial score (nSPS) is 10.3. The molecule has 0 bridgehead atoms. The number of aryl methyl sites for hydroxylation is 1. The highest BCUT2D eigenvalue weighted by molar-refractivity contribution is 5.92. The molecule has 1 aromatic heterocycles. The van der Waals surface area contributed by atoms with Crippen LogP contribution in [0.15, 0.2) is 66.9 Å². The molecule has 6 nitrogen and oxygen atoms in total. The maximum absolute atomic E-state index is 12.2. The molecule has 6 heteroatoms. The molecule has 0 radical (unpaired) electrons. The standard InChI is InChI=1S/C23H25N3O3/c1-17-3-5-18(6-4-17)15-23(27)26-19-7-12-22(25-16-19)24-13-14-29-21-10-8-20(28-2)9-11-21/h3-12,16H,13-15H2,1-2H3,(H,24,25)(H,26,27). The molecule has 0 aliphatic carbocycles. The minimum absolute atomic E-state index is 0.0655. The molecule has 0 saturated carbocycles. The zero-order chi connectivity index (χ0) is 20.5. The lowest BCUT2D eigenvalue weighted by Gasteiger charge is -2.10. The summed E-state index contributed by atoms with van der Waals surface area (Å²) in [6, 6.07) is 19.0. The topological polar surface area (TPSA) is 72.5 Å². The number of aromatic nitrogens is 1. The first kappa shape index (κ1) is 20.2. The Bertz CT molecular complexity index is 908. The van der Waals surface area contributed by atoms with E-state index in [4.69, 9.17) is 9.47 Å². The largest absolute Gasteiger partial charge is 0.497 e. The summed E-state index contributed by atoms with van der Waals surface area (Å²) in [5, 5.41) is 6.06. The fourth-order valence-electron chi connectivity index (χ4n) is 2.69. The first-order valence-corrected chi connectivity index (χ1v) is 9.44. The van der Waals surface area contributed by atoms with E-state index < -0.39 is 0 Å². The van der Waals surface area contributed by atoms with Crippen molar-refractivity contribution in [2.24, 2.45) is 0 Å². The molecule has 1 amide bonds. The third-order valence-corrected chi connectivity index (χ3v) is 4.27. The third-order valence-electron chi connectivity index (χ3n) is 4.27. The highest BCUT2D eigenvalue weighted by Crippen LogP contribution is 2.17. The summed E-state index contributed by atoms with van der Waals surface area (Å²) in [5.41, 5.74) is 2.83. The number of pyridine rings is 1. The number of carbonyl (C=O) groups excluding carboxylic acids is 1. The van der Waals surface area contributed by atoms with Crippen LogP contribution in [0.3, 0.4) is 0 Å². The van der Waals surface area contributed by atoms with Gasteiger partial charge in [-0.25, -0.2) is 4.98 Å². The van der Waals surface area contributed by atoms with Gasteiger partial charge in [-0.1, -0.05) is 29.8 Å². The maximum atomic E-state index is 12.2. The van der Waals surface area contributed by atoms with Gasteiger partial charge in [-0.05, 0) is 48.9 Å². The van der Waals surface area contributed by atoms with E-state index >= 15 is 0 Å². The van der Waals surface area contributed by atoms with Crippen LogP contribution in [-0.2, 0) is 11.2 Å². The van der Waals surface area contributed by atoms with Crippen molar-refractivity contribution in [2.45, 2.75) is 13.3 Å². The van der Waals surface area contributed by atoms with Gasteiger partial charge in [0.15, 0.2) is 0 Å². The SMILES string of the molecule is COc1ccc(OCCNc2ccc(NC(=O)Cc3ccc(C)cc3)cn2)cc1. The molecule has 0 saturated heterocycles. The number of amides is 1. The van der Waals surface area contributed by atoms with Crippen molar-refractivity contribution in [1.82, 2.24) is 4.98 Å². The number of nitrogens with zero attached hydrogens (tertiary/aromatic N) is 1. The Labute approximate surface area is 170 Å². The summed E-state index contributed by atoms with van der Waals surface area (Å²) in [4.78, 5) is 16.5. The molecule has 2 N–H and O–H groups in total. The predicted octanol–water partition coefficient (Wildman–Crippen LogP) is 4.07. The summed E-state index contributed by atoms with van der Waals surface area (Å²) in [5.74, 6) is 2.24. The summed E-state index contributed by atoms with van der Waals surface area (Å²) in [6.07, 6.45) is 1.97. The minimum atomic E-state index is -0.0655. The van der Waals surface area contributed by atoms with Gasteiger partial charge < -0.3 is 20.1 Å². The molecule has 0 aliphatic heterocycles. The van der Waals surface area contributed by atoms with Crippen LogP contribution in [0.2, 0.25) is 0 Å². The van der Waals surface area contributed by atoms with Crippen molar-refractivity contribution in [3.8, 4) is 11.5 Å². The summed E-state index contributed by atoms with van der Waals surface area (Å²) >= 11 is 0. The third kappa shape index (κ3) is 6.53. The summed E-state index contributed by atoms with van der Waals surface area (Å²) in [7, 11) is 1.63. The van der Waals surface area contributed by atoms with Crippen LogP contribution in [0.1, 0.15) is 11.1 Å². The number of hydrogen-bond donors (Lipinski definition) is 2. The van der Waals surface area contributed by atoms with E-state index in [1.54, 1.807) is 13.3 Å². The Morgan fingerprint density at radius 2 is 1.69 bits per heavy atom. The Morgan fingerprint density at radius 3 is 2.34 bits per heavy atom. The van der Waals surface area contributed by atoms with Crippen molar-refractivity contribution >= 4 is 17.4 Å². The van der Waals surface area contributed by atoms with Crippen LogP contribution >= 0.6 is 0 Å². The van der Waals surface area contributed by atoms with Gasteiger partial charge in [0.1, 0.15) is 23.9 Å². The Balaban J connectivity index is 1.40. The number of nitrogens with one attached hydrogen (secondary N) is 2. The fraction of sp³-hybridized carbons (Fsp3) is 0.217. The van der Waals surface area contributed by atoms with Crippen molar-refractivity contribution in [3.63, 3.8) is 0 Å². The van der Waals surface area contributed by atoms with Gasteiger partial charge in [0, 0.05) is 0 Å². The first-order chi connectivity index (χ1) is 14.1. The second kappa shape index (κ2) is 10.1. The molecule has 0 fully saturated rings. The van der Waals surface area contributed by atoms with Gasteiger partial charge in [-0.15, -0.1) is 0 Å². The molecule has 3 aromatic rings. The summed E-state index contributed by atoms with van der Waals surface area (Å²) < 4.78 is 10.8. The molecule has 0 aliphatic rings. The number of benzene rings is 2. The van der Waals surface area contributed by atoms with E-state index in [9.17, 15) is 4.79 Å². The lowest BCUT2D eigenvalue weighted by molar-refractivity contribution is -0.115. The van der Waals surface area contributed by atoms with Crippen molar-refractivity contribution in [1.29, 1.82) is 0 Å². The van der Waals surface area contributed by atoms with E-state index in [0.717, 1.165) is 22.9 Å². The molecule has 1 heterocycles. The molecule has 3 rings (SSSR count). The molecule has 2 aromatic carbocycles. The number of methoxy groups -OCH3 is 1. The van der Waals surface area contributed by atoms with Crippen LogP contribution in [0.5, 0.6) is 11.5 Å². The van der Waals surface area contributed by atoms with E-state index in [2.05, 4.69) is 15.6 Å². The smallest absolute Gasteiger partial charge is 0.228 e. The van der Waals surface area contributed by atoms with Crippen LogP contribution in [0.25, 0.3) is 0 Å². The quantitative estimate of drug-likeness (QED) is 0.538. The van der Waals surface area contributed by atoms with Crippen LogP contribution in [-0.4, -0.2) is 31.2 Å². The second-order valence-corrected chi connectivity index (χ2v) is 6.59. The minimum Gasteiger partial charge on any atom is -0.497 e.